The number of carbonyl (C=O) groups excluding carboxylic acids is 1. The molecule has 168 valence electrons. The van der Waals surface area contributed by atoms with Crippen LogP contribution in [0.5, 0.6) is 0 Å². The number of benzene rings is 2. The molecule has 2 aromatic carbocycles. The van der Waals surface area contributed by atoms with E-state index >= 15 is 0 Å². The number of hydrogen-bond acceptors (Lipinski definition) is 5. The molecule has 2 aromatic heterocycles. The Kier molecular flexibility index (Phi) is 5.72. The third-order valence-corrected chi connectivity index (χ3v) is 6.97. The molecule has 7 heteroatoms. The second kappa shape index (κ2) is 8.83. The largest absolute Gasteiger partial charge is 0.341 e. The van der Waals surface area contributed by atoms with Crippen LogP contribution in [0.2, 0.25) is 0 Å². The van der Waals surface area contributed by atoms with Gasteiger partial charge in [0.2, 0.25) is 11.9 Å². The average molecular weight is 459 g/mol. The molecule has 1 amide bonds. The van der Waals surface area contributed by atoms with Crippen LogP contribution in [0.4, 0.5) is 11.6 Å². The van der Waals surface area contributed by atoms with E-state index in [1.165, 1.54) is 11.3 Å². The summed E-state index contributed by atoms with van der Waals surface area (Å²) in [5.74, 6) is 0.427. The Bertz CT molecular complexity index is 1390. The van der Waals surface area contributed by atoms with Crippen LogP contribution >= 0.6 is 11.3 Å². The smallest absolute Gasteiger partial charge is 0.277 e. The van der Waals surface area contributed by atoms with E-state index in [0.29, 0.717) is 22.7 Å². The first-order chi connectivity index (χ1) is 16.0. The molecule has 1 fully saturated rings. The molecule has 3 heterocycles. The molecule has 6 nitrogen and oxygen atoms in total. The number of aryl methyl sites for hydroxylation is 2. The highest BCUT2D eigenvalue weighted by Crippen LogP contribution is 2.27. The Labute approximate surface area is 196 Å². The standard InChI is InChI=1S/C26H26N4O2S/c1-17-6-3-9-20(14-17)27-24(31)19-8-5-12-29(16-19)26-28-22-11-13-33-23(22)25(32)30(26)21-10-4-7-18(2)15-21/h3-4,6-7,9-11,13-15,19H,5,8,12,16H2,1-2H3,(H,27,31)/t19-/m1/s1. The topological polar surface area (TPSA) is 67.2 Å². The third-order valence-electron chi connectivity index (χ3n) is 6.08. The van der Waals surface area contributed by atoms with Gasteiger partial charge in [-0.1, -0.05) is 24.3 Å². The van der Waals surface area contributed by atoms with Crippen LogP contribution in [0.15, 0.2) is 64.8 Å². The number of nitrogens with one attached hydrogen (secondary N) is 1. The van der Waals surface area contributed by atoms with Gasteiger partial charge < -0.3 is 10.2 Å². The Morgan fingerprint density at radius 1 is 1.09 bits per heavy atom. The molecule has 1 aliphatic rings. The summed E-state index contributed by atoms with van der Waals surface area (Å²) in [5.41, 5.74) is 4.42. The number of aromatic nitrogens is 2. The molecule has 33 heavy (non-hydrogen) atoms. The zero-order chi connectivity index (χ0) is 22.9. The number of rotatable bonds is 4. The highest BCUT2D eigenvalue weighted by Gasteiger charge is 2.29. The van der Waals surface area contributed by atoms with E-state index in [0.717, 1.165) is 41.9 Å². The fourth-order valence-electron chi connectivity index (χ4n) is 4.45. The first-order valence-electron chi connectivity index (χ1n) is 11.2. The minimum absolute atomic E-state index is 0.00589. The lowest BCUT2D eigenvalue weighted by Gasteiger charge is -2.34. The summed E-state index contributed by atoms with van der Waals surface area (Å²) >= 11 is 1.41. The Morgan fingerprint density at radius 2 is 1.88 bits per heavy atom. The minimum atomic E-state index is -0.180. The first-order valence-corrected chi connectivity index (χ1v) is 12.1. The Morgan fingerprint density at radius 3 is 2.67 bits per heavy atom. The summed E-state index contributed by atoms with van der Waals surface area (Å²) < 4.78 is 2.35. The van der Waals surface area contributed by atoms with Crippen molar-refractivity contribution in [3.8, 4) is 5.69 Å². The molecular formula is C26H26N4O2S. The number of fused-ring (bicyclic) bond motifs is 1. The molecule has 0 aliphatic carbocycles. The van der Waals surface area contributed by atoms with Gasteiger partial charge in [-0.05, 0) is 73.5 Å². The number of hydrogen-bond donors (Lipinski definition) is 1. The average Bonchev–Trinajstić information content (AvgIpc) is 3.28. The monoisotopic (exact) mass is 458 g/mol. The van der Waals surface area contributed by atoms with Crippen molar-refractivity contribution < 1.29 is 4.79 Å². The van der Waals surface area contributed by atoms with Crippen molar-refractivity contribution in [2.24, 2.45) is 5.92 Å². The number of carbonyl (C=O) groups is 1. The molecule has 1 saturated heterocycles. The molecule has 1 N–H and O–H groups in total. The van der Waals surface area contributed by atoms with Crippen molar-refractivity contribution in [2.45, 2.75) is 26.7 Å². The number of nitrogens with zero attached hydrogens (tertiary/aromatic N) is 3. The van der Waals surface area contributed by atoms with E-state index in [9.17, 15) is 9.59 Å². The van der Waals surface area contributed by atoms with Gasteiger partial charge in [0.1, 0.15) is 4.70 Å². The summed E-state index contributed by atoms with van der Waals surface area (Å²) in [6.07, 6.45) is 1.67. The van der Waals surface area contributed by atoms with Crippen molar-refractivity contribution in [3.63, 3.8) is 0 Å². The van der Waals surface area contributed by atoms with Crippen molar-refractivity contribution >= 4 is 39.1 Å². The second-order valence-electron chi connectivity index (χ2n) is 8.67. The zero-order valence-corrected chi connectivity index (χ0v) is 19.6. The molecule has 0 unspecified atom stereocenters. The highest BCUT2D eigenvalue weighted by molar-refractivity contribution is 7.17. The van der Waals surface area contributed by atoms with Crippen molar-refractivity contribution in [3.05, 3.63) is 81.5 Å². The van der Waals surface area contributed by atoms with Gasteiger partial charge in [0, 0.05) is 18.8 Å². The van der Waals surface area contributed by atoms with Crippen LogP contribution in [0.1, 0.15) is 24.0 Å². The van der Waals surface area contributed by atoms with Crippen LogP contribution < -0.4 is 15.8 Å². The van der Waals surface area contributed by atoms with E-state index in [4.69, 9.17) is 4.98 Å². The SMILES string of the molecule is Cc1cccc(NC(=O)[C@@H]2CCCN(c3nc4ccsc4c(=O)n3-c3cccc(C)c3)C2)c1. The van der Waals surface area contributed by atoms with Gasteiger partial charge >= 0.3 is 0 Å². The molecular weight excluding hydrogens is 432 g/mol. The van der Waals surface area contributed by atoms with Crippen molar-refractivity contribution in [1.29, 1.82) is 0 Å². The molecule has 1 atom stereocenters. The van der Waals surface area contributed by atoms with E-state index in [2.05, 4.69) is 10.2 Å². The number of amides is 1. The van der Waals surface area contributed by atoms with Gasteiger partial charge in [0.05, 0.1) is 17.1 Å². The van der Waals surface area contributed by atoms with E-state index in [1.54, 1.807) is 4.57 Å². The number of thiophene rings is 1. The number of piperidine rings is 1. The predicted molar refractivity (Wildman–Crippen MR) is 135 cm³/mol. The molecule has 0 saturated carbocycles. The van der Waals surface area contributed by atoms with Crippen LogP contribution in [-0.4, -0.2) is 28.5 Å². The predicted octanol–water partition coefficient (Wildman–Crippen LogP) is 4.92. The zero-order valence-electron chi connectivity index (χ0n) is 18.7. The molecule has 1 aliphatic heterocycles. The maximum Gasteiger partial charge on any atom is 0.277 e. The van der Waals surface area contributed by atoms with Gasteiger partial charge in [0.15, 0.2) is 0 Å². The lowest BCUT2D eigenvalue weighted by Crippen LogP contribution is -2.43. The summed E-state index contributed by atoms with van der Waals surface area (Å²) in [6.45, 7) is 5.29. The fourth-order valence-corrected chi connectivity index (χ4v) is 5.21. The van der Waals surface area contributed by atoms with Crippen molar-refractivity contribution in [2.75, 3.05) is 23.3 Å². The molecule has 0 radical (unpaired) electrons. The van der Waals surface area contributed by atoms with Gasteiger partial charge in [-0.3, -0.25) is 9.59 Å². The van der Waals surface area contributed by atoms with Gasteiger partial charge in [-0.2, -0.15) is 0 Å². The summed E-state index contributed by atoms with van der Waals surface area (Å²) in [5, 5.41) is 4.96. The van der Waals surface area contributed by atoms with Crippen LogP contribution in [-0.2, 0) is 4.79 Å². The lowest BCUT2D eigenvalue weighted by molar-refractivity contribution is -0.120. The Hall–Kier alpha value is -3.45. The lowest BCUT2D eigenvalue weighted by atomic mass is 9.97. The van der Waals surface area contributed by atoms with E-state index in [-0.39, 0.29) is 17.4 Å². The van der Waals surface area contributed by atoms with E-state index in [1.807, 2.05) is 73.8 Å². The van der Waals surface area contributed by atoms with Gasteiger partial charge in [-0.15, -0.1) is 11.3 Å². The third kappa shape index (κ3) is 4.28. The summed E-state index contributed by atoms with van der Waals surface area (Å²) in [4.78, 5) is 33.5. The number of anilines is 2. The fraction of sp³-hybridized carbons (Fsp3) is 0.269. The van der Waals surface area contributed by atoms with Gasteiger partial charge in [-0.25, -0.2) is 9.55 Å². The maximum absolute atomic E-state index is 13.5. The first kappa shape index (κ1) is 21.4. The van der Waals surface area contributed by atoms with Crippen LogP contribution in [0.25, 0.3) is 15.9 Å². The Balaban J connectivity index is 1.50. The minimum Gasteiger partial charge on any atom is -0.341 e. The van der Waals surface area contributed by atoms with E-state index < -0.39 is 0 Å². The van der Waals surface area contributed by atoms with Crippen LogP contribution in [0, 0.1) is 19.8 Å². The summed E-state index contributed by atoms with van der Waals surface area (Å²) in [6, 6.07) is 17.6. The normalized spacial score (nSPS) is 16.2. The van der Waals surface area contributed by atoms with Crippen LogP contribution in [0.3, 0.4) is 0 Å². The van der Waals surface area contributed by atoms with Crippen molar-refractivity contribution in [1.82, 2.24) is 9.55 Å². The molecule has 5 rings (SSSR count). The molecule has 0 spiro atoms. The second-order valence-corrected chi connectivity index (χ2v) is 9.59. The summed E-state index contributed by atoms with van der Waals surface area (Å²) in [7, 11) is 0. The molecule has 4 aromatic rings. The molecule has 0 bridgehead atoms. The van der Waals surface area contributed by atoms with Gasteiger partial charge in [0.25, 0.3) is 5.56 Å². The highest BCUT2D eigenvalue weighted by atomic mass is 32.1. The quantitative estimate of drug-likeness (QED) is 0.471. The maximum atomic E-state index is 13.5.